The van der Waals surface area contributed by atoms with Gasteiger partial charge < -0.3 is 16.0 Å². The van der Waals surface area contributed by atoms with Crippen LogP contribution in [-0.2, 0) is 20.8 Å². The predicted octanol–water partition coefficient (Wildman–Crippen LogP) is 5.08. The summed E-state index contributed by atoms with van der Waals surface area (Å²) in [4.78, 5) is 40.2. The fourth-order valence-electron chi connectivity index (χ4n) is 2.76. The molecular formula is C22H21BrN4O3S2. The van der Waals surface area contributed by atoms with Crippen molar-refractivity contribution in [3.63, 3.8) is 0 Å². The van der Waals surface area contributed by atoms with Crippen LogP contribution < -0.4 is 16.0 Å². The summed E-state index contributed by atoms with van der Waals surface area (Å²) in [7, 11) is 0. The molecule has 10 heteroatoms. The topological polar surface area (TPSA) is 100 Å². The van der Waals surface area contributed by atoms with E-state index < -0.39 is 0 Å². The average Bonchev–Trinajstić information content (AvgIpc) is 3.15. The zero-order valence-corrected chi connectivity index (χ0v) is 20.6. The molecule has 0 aliphatic rings. The second-order valence-electron chi connectivity index (χ2n) is 6.89. The number of carbonyl (C=O) groups is 3. The van der Waals surface area contributed by atoms with E-state index >= 15 is 0 Å². The number of hydrogen-bond donors (Lipinski definition) is 3. The van der Waals surface area contributed by atoms with Crippen molar-refractivity contribution in [3.8, 4) is 0 Å². The Morgan fingerprint density at radius 1 is 1.03 bits per heavy atom. The minimum absolute atomic E-state index is 0.144. The third kappa shape index (κ3) is 7.47. The molecule has 0 aliphatic heterocycles. The van der Waals surface area contributed by atoms with Gasteiger partial charge in [0.15, 0.2) is 4.34 Å². The van der Waals surface area contributed by atoms with Gasteiger partial charge >= 0.3 is 0 Å². The van der Waals surface area contributed by atoms with Gasteiger partial charge in [-0.25, -0.2) is 4.98 Å². The largest absolute Gasteiger partial charge is 0.326 e. The van der Waals surface area contributed by atoms with Gasteiger partial charge in [0.25, 0.3) is 0 Å². The summed E-state index contributed by atoms with van der Waals surface area (Å²) in [6, 6.07) is 12.6. The van der Waals surface area contributed by atoms with Crippen molar-refractivity contribution < 1.29 is 14.4 Å². The minimum atomic E-state index is -0.185. The third-order valence-electron chi connectivity index (χ3n) is 4.13. The lowest BCUT2D eigenvalue weighted by Crippen LogP contribution is -2.15. The number of benzene rings is 2. The maximum absolute atomic E-state index is 12.3. The number of aryl methyl sites for hydroxylation is 1. The van der Waals surface area contributed by atoms with Crippen LogP contribution in [0.5, 0.6) is 0 Å². The summed E-state index contributed by atoms with van der Waals surface area (Å²) in [5.41, 5.74) is 3.61. The second kappa shape index (κ2) is 11.3. The van der Waals surface area contributed by atoms with E-state index in [0.717, 1.165) is 20.1 Å². The van der Waals surface area contributed by atoms with E-state index in [1.54, 1.807) is 24.3 Å². The van der Waals surface area contributed by atoms with E-state index in [-0.39, 0.29) is 29.9 Å². The summed E-state index contributed by atoms with van der Waals surface area (Å²) < 4.78 is 1.67. The molecular weight excluding hydrogens is 512 g/mol. The number of nitrogens with zero attached hydrogens (tertiary/aromatic N) is 1. The van der Waals surface area contributed by atoms with Crippen LogP contribution in [0.1, 0.15) is 18.2 Å². The number of aromatic nitrogens is 1. The fraction of sp³-hybridized carbons (Fsp3) is 0.182. The monoisotopic (exact) mass is 532 g/mol. The van der Waals surface area contributed by atoms with Crippen molar-refractivity contribution in [3.05, 3.63) is 63.6 Å². The smallest absolute Gasteiger partial charge is 0.234 e. The molecule has 7 nitrogen and oxygen atoms in total. The minimum Gasteiger partial charge on any atom is -0.326 e. The van der Waals surface area contributed by atoms with Crippen molar-refractivity contribution >= 4 is 73.8 Å². The molecule has 0 unspecified atom stereocenters. The molecule has 3 aromatic rings. The van der Waals surface area contributed by atoms with Crippen LogP contribution in [0, 0.1) is 6.92 Å². The quantitative estimate of drug-likeness (QED) is 0.351. The number of thiazole rings is 1. The Morgan fingerprint density at radius 3 is 2.50 bits per heavy atom. The first-order valence-electron chi connectivity index (χ1n) is 9.59. The molecule has 2 aromatic carbocycles. The lowest BCUT2D eigenvalue weighted by molar-refractivity contribution is -0.116. The molecule has 166 valence electrons. The van der Waals surface area contributed by atoms with Crippen LogP contribution in [-0.4, -0.2) is 28.5 Å². The van der Waals surface area contributed by atoms with Crippen molar-refractivity contribution in [1.29, 1.82) is 0 Å². The fourth-order valence-corrected chi connectivity index (χ4v) is 4.88. The van der Waals surface area contributed by atoms with E-state index in [9.17, 15) is 14.4 Å². The van der Waals surface area contributed by atoms with Crippen molar-refractivity contribution in [2.24, 2.45) is 0 Å². The molecule has 0 atom stereocenters. The maximum Gasteiger partial charge on any atom is 0.234 e. The molecule has 3 N–H and O–H groups in total. The Hall–Kier alpha value is -2.69. The second-order valence-corrected chi connectivity index (χ2v) is 9.88. The van der Waals surface area contributed by atoms with Gasteiger partial charge in [-0.3, -0.25) is 14.4 Å². The van der Waals surface area contributed by atoms with Crippen LogP contribution in [0.15, 0.2) is 56.7 Å². The van der Waals surface area contributed by atoms with Gasteiger partial charge in [-0.1, -0.05) is 33.8 Å². The number of rotatable bonds is 8. The van der Waals surface area contributed by atoms with E-state index in [1.165, 1.54) is 30.0 Å². The summed E-state index contributed by atoms with van der Waals surface area (Å²) in [6.45, 7) is 3.36. The van der Waals surface area contributed by atoms with Crippen molar-refractivity contribution in [1.82, 2.24) is 4.98 Å². The predicted molar refractivity (Wildman–Crippen MR) is 133 cm³/mol. The standard InChI is InChI=1S/C22H21BrN4O3S2/c1-13-8-15(23)6-7-19(13)27-20(29)10-18-11-31-22(26-18)32-12-21(30)25-17-5-3-4-16(9-17)24-14(2)28/h3-9,11H,10,12H2,1-2H3,(H,24,28)(H,25,30)(H,27,29). The van der Waals surface area contributed by atoms with Crippen LogP contribution in [0.4, 0.5) is 17.1 Å². The number of halogens is 1. The summed E-state index contributed by atoms with van der Waals surface area (Å²) in [5, 5.41) is 10.2. The summed E-state index contributed by atoms with van der Waals surface area (Å²) in [5.74, 6) is -0.324. The number of anilines is 3. The molecule has 1 heterocycles. The number of hydrogen-bond acceptors (Lipinski definition) is 6. The van der Waals surface area contributed by atoms with E-state index in [1.807, 2.05) is 30.5 Å². The Labute approximate surface area is 202 Å². The van der Waals surface area contributed by atoms with E-state index in [0.29, 0.717) is 17.1 Å². The molecule has 0 saturated carbocycles. The van der Waals surface area contributed by atoms with E-state index in [2.05, 4.69) is 36.9 Å². The molecule has 0 fully saturated rings. The number of carbonyl (C=O) groups excluding carboxylic acids is 3. The lowest BCUT2D eigenvalue weighted by Gasteiger charge is -2.08. The third-order valence-corrected chi connectivity index (χ3v) is 6.69. The molecule has 0 saturated heterocycles. The van der Waals surface area contributed by atoms with Crippen LogP contribution >= 0.6 is 39.0 Å². The highest BCUT2D eigenvalue weighted by Crippen LogP contribution is 2.24. The van der Waals surface area contributed by atoms with Crippen molar-refractivity contribution in [2.45, 2.75) is 24.6 Å². The molecule has 0 aliphatic carbocycles. The highest BCUT2D eigenvalue weighted by atomic mass is 79.9. The first-order chi connectivity index (χ1) is 15.3. The number of nitrogens with one attached hydrogen (secondary N) is 3. The molecule has 1 aromatic heterocycles. The molecule has 32 heavy (non-hydrogen) atoms. The SMILES string of the molecule is CC(=O)Nc1cccc(NC(=O)CSc2nc(CC(=O)Nc3ccc(Br)cc3C)cs2)c1. The molecule has 0 radical (unpaired) electrons. The van der Waals surface area contributed by atoms with Gasteiger partial charge in [-0.2, -0.15) is 0 Å². The Morgan fingerprint density at radius 2 is 1.78 bits per heavy atom. The zero-order chi connectivity index (χ0) is 23.1. The van der Waals surface area contributed by atoms with E-state index in [4.69, 9.17) is 0 Å². The van der Waals surface area contributed by atoms with Crippen LogP contribution in [0.3, 0.4) is 0 Å². The Bertz CT molecular complexity index is 1150. The van der Waals surface area contributed by atoms with Crippen LogP contribution in [0.25, 0.3) is 0 Å². The van der Waals surface area contributed by atoms with Crippen molar-refractivity contribution in [2.75, 3.05) is 21.7 Å². The maximum atomic E-state index is 12.3. The molecule has 0 spiro atoms. The van der Waals surface area contributed by atoms with Crippen LogP contribution in [0.2, 0.25) is 0 Å². The zero-order valence-electron chi connectivity index (χ0n) is 17.4. The highest BCUT2D eigenvalue weighted by molar-refractivity contribution is 9.10. The number of amides is 3. The summed E-state index contributed by atoms with van der Waals surface area (Å²) >= 11 is 6.11. The molecule has 0 bridgehead atoms. The molecule has 3 rings (SSSR count). The highest BCUT2D eigenvalue weighted by Gasteiger charge is 2.11. The van der Waals surface area contributed by atoms with Gasteiger partial charge in [0, 0.05) is 33.8 Å². The van der Waals surface area contributed by atoms with Gasteiger partial charge in [0.2, 0.25) is 17.7 Å². The van der Waals surface area contributed by atoms with Gasteiger partial charge in [0.1, 0.15) is 0 Å². The Balaban J connectivity index is 1.48. The lowest BCUT2D eigenvalue weighted by atomic mass is 10.2. The van der Waals surface area contributed by atoms with Gasteiger partial charge in [-0.05, 0) is 48.9 Å². The first kappa shape index (κ1) is 24.0. The first-order valence-corrected chi connectivity index (χ1v) is 12.2. The summed E-state index contributed by atoms with van der Waals surface area (Å²) in [6.07, 6.45) is 0.161. The van der Waals surface area contributed by atoms with Gasteiger partial charge in [0.05, 0.1) is 17.9 Å². The Kier molecular flexibility index (Phi) is 8.43. The van der Waals surface area contributed by atoms with Gasteiger partial charge in [-0.15, -0.1) is 11.3 Å². The number of thioether (sulfide) groups is 1. The molecule has 3 amide bonds. The normalized spacial score (nSPS) is 10.5. The average molecular weight is 533 g/mol.